The summed E-state index contributed by atoms with van der Waals surface area (Å²) in [6.45, 7) is 9.44. The van der Waals surface area contributed by atoms with Gasteiger partial charge in [-0.3, -0.25) is 9.59 Å². The number of unbranched alkanes of at least 4 members (excludes halogenated alkanes) is 8. The Morgan fingerprint density at radius 1 is 0.500 bits per heavy atom. The third-order valence-electron chi connectivity index (χ3n) is 5.66. The molecule has 0 aliphatic carbocycles. The first-order chi connectivity index (χ1) is 19.7. The number of Topliss-reactive ketones (excluding diaryl/α,β-unsaturated/α-hetero) is 1. The molecule has 0 aromatic heterocycles. The maximum Gasteiger partial charge on any atom is 0.220 e. The van der Waals surface area contributed by atoms with Gasteiger partial charge in [0.25, 0.3) is 0 Å². The van der Waals surface area contributed by atoms with Gasteiger partial charge in [0.05, 0.1) is 79.3 Å². The second-order valence-electron chi connectivity index (χ2n) is 9.43. The van der Waals surface area contributed by atoms with Crippen molar-refractivity contribution in [1.82, 2.24) is 5.32 Å². The van der Waals surface area contributed by atoms with Gasteiger partial charge >= 0.3 is 0 Å². The van der Waals surface area contributed by atoms with Crippen LogP contribution in [0.15, 0.2) is 0 Å². The molecule has 0 aliphatic heterocycles. The summed E-state index contributed by atoms with van der Waals surface area (Å²) in [5.74, 6) is 0.735. The minimum absolute atomic E-state index is 0.0104. The van der Waals surface area contributed by atoms with Crippen LogP contribution in [-0.4, -0.2) is 116 Å². The molecule has 0 spiro atoms. The predicted molar refractivity (Wildman–Crippen MR) is 159 cm³/mol. The van der Waals surface area contributed by atoms with Crippen molar-refractivity contribution in [3.8, 4) is 0 Å². The van der Waals surface area contributed by atoms with Crippen LogP contribution in [0.3, 0.4) is 0 Å². The lowest BCUT2D eigenvalue weighted by Gasteiger charge is -2.08. The van der Waals surface area contributed by atoms with E-state index in [0.717, 1.165) is 26.0 Å². The summed E-state index contributed by atoms with van der Waals surface area (Å²) in [5.41, 5.74) is 0. The summed E-state index contributed by atoms with van der Waals surface area (Å²) in [6.07, 6.45) is 11.5. The largest absolute Gasteiger partial charge is 0.379 e. The summed E-state index contributed by atoms with van der Waals surface area (Å²) in [4.78, 5) is 22.0. The highest BCUT2D eigenvalue weighted by molar-refractivity contribution is 7.80. The molecule has 0 aromatic rings. The molecule has 238 valence electrons. The maximum atomic E-state index is 11.3. The maximum absolute atomic E-state index is 11.3. The van der Waals surface area contributed by atoms with E-state index < -0.39 is 0 Å². The van der Waals surface area contributed by atoms with Crippen LogP contribution in [0.2, 0.25) is 0 Å². The summed E-state index contributed by atoms with van der Waals surface area (Å²) in [5, 5.41) is 2.93. The van der Waals surface area contributed by atoms with E-state index in [4.69, 9.17) is 33.2 Å². The number of amides is 1. The van der Waals surface area contributed by atoms with Gasteiger partial charge in [-0.25, -0.2) is 0 Å². The van der Waals surface area contributed by atoms with Gasteiger partial charge in [0.1, 0.15) is 6.61 Å². The van der Waals surface area contributed by atoms with Crippen LogP contribution in [-0.2, 0) is 42.7 Å². The Balaban J connectivity index is 3.06. The fraction of sp³-hybridized carbons (Fsp3) is 0.931. The Kier molecular flexibility index (Phi) is 33.7. The van der Waals surface area contributed by atoms with Gasteiger partial charge < -0.3 is 38.5 Å². The van der Waals surface area contributed by atoms with Gasteiger partial charge in [-0.2, -0.15) is 12.6 Å². The molecule has 0 bridgehead atoms. The van der Waals surface area contributed by atoms with Crippen LogP contribution in [0.1, 0.15) is 71.1 Å². The smallest absolute Gasteiger partial charge is 0.220 e. The van der Waals surface area contributed by atoms with Gasteiger partial charge in [0.15, 0.2) is 5.78 Å². The van der Waals surface area contributed by atoms with Crippen LogP contribution in [0, 0.1) is 0 Å². The molecule has 10 nitrogen and oxygen atoms in total. The monoisotopic (exact) mass is 595 g/mol. The number of carbonyl (C=O) groups is 2. The second kappa shape index (κ2) is 34.4. The minimum atomic E-state index is 0.0104. The second-order valence-corrected chi connectivity index (χ2v) is 9.88. The Morgan fingerprint density at radius 2 is 0.850 bits per heavy atom. The van der Waals surface area contributed by atoms with Crippen LogP contribution in [0.25, 0.3) is 0 Å². The SMILES string of the molecule is CC(=O)COCCOCCOCCOCCOCCOCCOCCCCCCCCCCCNC(=O)CCS. The van der Waals surface area contributed by atoms with E-state index in [0.29, 0.717) is 91.5 Å². The van der Waals surface area contributed by atoms with Crippen molar-refractivity contribution in [2.24, 2.45) is 0 Å². The average molecular weight is 596 g/mol. The van der Waals surface area contributed by atoms with E-state index in [1.54, 1.807) is 0 Å². The van der Waals surface area contributed by atoms with Crippen molar-refractivity contribution < 1.29 is 42.7 Å². The summed E-state index contributed by atoms with van der Waals surface area (Å²) in [7, 11) is 0. The molecule has 1 N–H and O–H groups in total. The molecule has 0 aromatic carbocycles. The van der Waals surface area contributed by atoms with Crippen LogP contribution in [0.4, 0.5) is 0 Å². The van der Waals surface area contributed by atoms with Gasteiger partial charge in [-0.1, -0.05) is 44.9 Å². The highest BCUT2D eigenvalue weighted by Gasteiger charge is 1.99. The van der Waals surface area contributed by atoms with E-state index in [9.17, 15) is 9.59 Å². The normalized spacial score (nSPS) is 11.2. The molecule has 40 heavy (non-hydrogen) atoms. The number of thiol groups is 1. The number of rotatable bonds is 34. The van der Waals surface area contributed by atoms with Crippen molar-refractivity contribution in [3.05, 3.63) is 0 Å². The lowest BCUT2D eigenvalue weighted by Crippen LogP contribution is -2.24. The van der Waals surface area contributed by atoms with E-state index in [1.165, 1.54) is 51.9 Å². The molecular weight excluding hydrogens is 538 g/mol. The van der Waals surface area contributed by atoms with Gasteiger partial charge in [-0.05, 0) is 25.5 Å². The quantitative estimate of drug-likeness (QED) is 0.0851. The van der Waals surface area contributed by atoms with Crippen LogP contribution >= 0.6 is 12.6 Å². The minimum Gasteiger partial charge on any atom is -0.379 e. The first-order valence-electron chi connectivity index (χ1n) is 15.1. The zero-order valence-electron chi connectivity index (χ0n) is 25.0. The predicted octanol–water partition coefficient (Wildman–Crippen LogP) is 3.64. The molecule has 0 heterocycles. The van der Waals surface area contributed by atoms with Crippen molar-refractivity contribution in [1.29, 1.82) is 0 Å². The zero-order chi connectivity index (χ0) is 29.2. The third-order valence-corrected chi connectivity index (χ3v) is 5.89. The lowest BCUT2D eigenvalue weighted by molar-refractivity contribution is -0.122. The molecule has 1 amide bonds. The van der Waals surface area contributed by atoms with Gasteiger partial charge in [-0.15, -0.1) is 0 Å². The van der Waals surface area contributed by atoms with Crippen LogP contribution < -0.4 is 5.32 Å². The number of hydrogen-bond acceptors (Lipinski definition) is 10. The van der Waals surface area contributed by atoms with Crippen LogP contribution in [0.5, 0.6) is 0 Å². The fourth-order valence-corrected chi connectivity index (χ4v) is 3.72. The average Bonchev–Trinajstić information content (AvgIpc) is 2.93. The molecule has 0 saturated carbocycles. The first kappa shape index (κ1) is 39.2. The molecule has 0 fully saturated rings. The van der Waals surface area contributed by atoms with E-state index in [2.05, 4.69) is 17.9 Å². The number of carbonyl (C=O) groups excluding carboxylic acids is 2. The number of nitrogens with one attached hydrogen (secondary N) is 1. The third kappa shape index (κ3) is 35.2. The molecule has 0 unspecified atom stereocenters. The lowest BCUT2D eigenvalue weighted by atomic mass is 10.1. The number of ether oxygens (including phenoxy) is 7. The summed E-state index contributed by atoms with van der Waals surface area (Å²) >= 11 is 4.06. The Bertz CT molecular complexity index is 544. The molecule has 0 radical (unpaired) electrons. The highest BCUT2D eigenvalue weighted by atomic mass is 32.1. The molecule has 0 rings (SSSR count). The van der Waals surface area contributed by atoms with Crippen molar-refractivity contribution in [2.75, 3.05) is 105 Å². The highest BCUT2D eigenvalue weighted by Crippen LogP contribution is 2.09. The topological polar surface area (TPSA) is 111 Å². The van der Waals surface area contributed by atoms with Crippen molar-refractivity contribution in [3.63, 3.8) is 0 Å². The van der Waals surface area contributed by atoms with Crippen molar-refractivity contribution in [2.45, 2.75) is 71.1 Å². The van der Waals surface area contributed by atoms with Crippen molar-refractivity contribution >= 4 is 24.3 Å². The molecule has 0 aliphatic rings. The first-order valence-corrected chi connectivity index (χ1v) is 15.7. The summed E-state index contributed by atoms with van der Waals surface area (Å²) in [6, 6.07) is 0. The zero-order valence-corrected chi connectivity index (χ0v) is 25.9. The Hall–Kier alpha value is -0.790. The van der Waals surface area contributed by atoms with E-state index in [1.807, 2.05) is 0 Å². The van der Waals surface area contributed by atoms with Gasteiger partial charge in [0, 0.05) is 19.6 Å². The summed E-state index contributed by atoms with van der Waals surface area (Å²) < 4.78 is 37.9. The molecule has 0 saturated heterocycles. The van der Waals surface area contributed by atoms with Gasteiger partial charge in [0.2, 0.25) is 5.91 Å². The molecule has 0 atom stereocenters. The Labute approximate surface area is 248 Å². The standard InChI is InChI=1S/C29H57NO9S/c1-28(31)27-39-25-24-38-23-22-37-21-20-36-19-18-35-17-16-34-15-14-33-13-10-8-6-4-2-3-5-7-9-12-30-29(32)11-26-40/h40H,2-27H2,1H3,(H,30,32). The molecular formula is C29H57NO9S. The Morgan fingerprint density at radius 3 is 1.25 bits per heavy atom. The number of ketones is 1. The van der Waals surface area contributed by atoms with E-state index in [-0.39, 0.29) is 18.3 Å². The molecule has 11 heteroatoms. The van der Waals surface area contributed by atoms with E-state index >= 15 is 0 Å². The fourth-order valence-electron chi connectivity index (χ4n) is 3.52. The number of hydrogen-bond donors (Lipinski definition) is 2.